The highest BCUT2D eigenvalue weighted by atomic mass is 35.5. The van der Waals surface area contributed by atoms with Gasteiger partial charge in [0.2, 0.25) is 5.91 Å². The van der Waals surface area contributed by atoms with Crippen LogP contribution in [0.4, 0.5) is 0 Å². The predicted octanol–water partition coefficient (Wildman–Crippen LogP) is 0.141. The fourth-order valence-electron chi connectivity index (χ4n) is 2.09. The normalized spacial score (nSPS) is 13.4. The van der Waals surface area contributed by atoms with Crippen LogP contribution in [0, 0.1) is 5.41 Å². The van der Waals surface area contributed by atoms with Crippen molar-refractivity contribution in [3.8, 4) is 0 Å². The summed E-state index contributed by atoms with van der Waals surface area (Å²) < 4.78 is 11.7. The minimum absolute atomic E-state index is 0. The van der Waals surface area contributed by atoms with E-state index in [1.54, 1.807) is 0 Å². The molecule has 1 rings (SSSR count). The van der Waals surface area contributed by atoms with Crippen molar-refractivity contribution in [1.82, 2.24) is 5.32 Å². The van der Waals surface area contributed by atoms with Crippen LogP contribution < -0.4 is 22.5 Å². The maximum atomic E-state index is 12.1. The van der Waals surface area contributed by atoms with Crippen LogP contribution in [0.5, 0.6) is 0 Å². The fraction of sp³-hybridized carbons (Fsp3) is 0.429. The van der Waals surface area contributed by atoms with Crippen molar-refractivity contribution in [3.63, 3.8) is 0 Å². The maximum Gasteiger partial charge on any atom is 0.352 e. The number of nitrogens with one attached hydrogen (secondary N) is 2. The summed E-state index contributed by atoms with van der Waals surface area (Å²) >= 11 is 0. The molecular weight excluding hydrogens is 369 g/mol. The molecule has 1 unspecified atom stereocenters. The van der Waals surface area contributed by atoms with Gasteiger partial charge in [-0.15, -0.1) is 12.4 Å². The Labute approximate surface area is 152 Å². The van der Waals surface area contributed by atoms with E-state index in [1.165, 1.54) is 24.3 Å². The van der Waals surface area contributed by atoms with E-state index < -0.39 is 25.3 Å². The van der Waals surface area contributed by atoms with E-state index in [0.29, 0.717) is 24.9 Å². The molecule has 25 heavy (non-hydrogen) atoms. The van der Waals surface area contributed by atoms with Crippen LogP contribution in [-0.4, -0.2) is 34.1 Å². The van der Waals surface area contributed by atoms with E-state index in [4.69, 9.17) is 22.6 Å². The number of nitrogen functional groups attached to an aromatic ring is 1. The standard InChI is InChI=1S/C14H24N5O4P.ClH/c15-8-2-1-3-11(16)13(20)19-14(24(21,22)23)10-6-4-9(5-7-10)12(17)18;/h4-7,11,14H,1-3,8,15-16H2,(H3,17,18)(H,19,20)(H2,21,22,23);1H/t11-,14?;/m0./s1. The first-order valence-corrected chi connectivity index (χ1v) is 9.10. The summed E-state index contributed by atoms with van der Waals surface area (Å²) in [6, 6.07) is 4.84. The van der Waals surface area contributed by atoms with Crippen molar-refractivity contribution in [2.75, 3.05) is 6.54 Å². The Kier molecular flexibility index (Phi) is 9.88. The molecular formula is C14H25ClN5O4P. The molecule has 1 aromatic rings. The highest BCUT2D eigenvalue weighted by Gasteiger charge is 2.33. The minimum Gasteiger partial charge on any atom is -0.384 e. The lowest BCUT2D eigenvalue weighted by atomic mass is 10.1. The molecule has 0 spiro atoms. The average Bonchev–Trinajstić information content (AvgIpc) is 2.51. The summed E-state index contributed by atoms with van der Waals surface area (Å²) in [6.07, 6.45) is 1.74. The first kappa shape index (κ1) is 23.5. The lowest BCUT2D eigenvalue weighted by molar-refractivity contribution is -0.122. The molecule has 0 radical (unpaired) electrons. The Balaban J connectivity index is 0.00000576. The topological polar surface area (TPSA) is 189 Å². The van der Waals surface area contributed by atoms with Gasteiger partial charge < -0.3 is 32.3 Å². The van der Waals surface area contributed by atoms with Crippen LogP contribution in [0.1, 0.15) is 36.2 Å². The van der Waals surface area contributed by atoms with Crippen molar-refractivity contribution < 1.29 is 19.1 Å². The molecule has 0 aromatic heterocycles. The van der Waals surface area contributed by atoms with Crippen molar-refractivity contribution in [2.45, 2.75) is 31.1 Å². The third kappa shape index (κ3) is 7.52. The lowest BCUT2D eigenvalue weighted by Crippen LogP contribution is -2.42. The quantitative estimate of drug-likeness (QED) is 0.134. The van der Waals surface area contributed by atoms with Crippen molar-refractivity contribution in [3.05, 3.63) is 35.4 Å². The van der Waals surface area contributed by atoms with E-state index >= 15 is 0 Å². The number of hydrogen-bond acceptors (Lipinski definition) is 5. The summed E-state index contributed by atoms with van der Waals surface area (Å²) in [7, 11) is -4.65. The average molecular weight is 394 g/mol. The number of rotatable bonds is 9. The first-order valence-electron chi connectivity index (χ1n) is 7.42. The summed E-state index contributed by atoms with van der Waals surface area (Å²) in [6.45, 7) is 0.488. The molecule has 10 N–H and O–H groups in total. The Morgan fingerprint density at radius 1 is 1.24 bits per heavy atom. The molecule has 0 saturated heterocycles. The number of carbonyl (C=O) groups excluding carboxylic acids is 1. The van der Waals surface area contributed by atoms with Crippen LogP contribution in [0.2, 0.25) is 0 Å². The summed E-state index contributed by atoms with van der Waals surface area (Å²) in [4.78, 5) is 31.1. The molecule has 0 aliphatic rings. The van der Waals surface area contributed by atoms with Crippen molar-refractivity contribution in [2.24, 2.45) is 17.2 Å². The highest BCUT2D eigenvalue weighted by molar-refractivity contribution is 7.52. The van der Waals surface area contributed by atoms with Gasteiger partial charge in [-0.05, 0) is 24.9 Å². The van der Waals surface area contributed by atoms with E-state index in [0.717, 1.165) is 6.42 Å². The Morgan fingerprint density at radius 3 is 2.24 bits per heavy atom. The largest absolute Gasteiger partial charge is 0.384 e. The highest BCUT2D eigenvalue weighted by Crippen LogP contribution is 2.49. The number of halogens is 1. The SMILES string of the molecule is Cl.N=C(N)c1ccc(C(NC(=O)[C@@H](N)CCCCN)P(=O)(O)O)cc1. The maximum absolute atomic E-state index is 12.1. The van der Waals surface area contributed by atoms with Gasteiger partial charge in [-0.2, -0.15) is 0 Å². The summed E-state index contributed by atoms with van der Waals surface area (Å²) in [5.74, 6) is -2.32. The Morgan fingerprint density at radius 2 is 1.80 bits per heavy atom. The van der Waals surface area contributed by atoms with Gasteiger partial charge in [0.25, 0.3) is 0 Å². The first-order chi connectivity index (χ1) is 11.2. The lowest BCUT2D eigenvalue weighted by Gasteiger charge is -2.22. The molecule has 2 atom stereocenters. The number of benzene rings is 1. The predicted molar refractivity (Wildman–Crippen MR) is 98.5 cm³/mol. The molecule has 0 aliphatic heterocycles. The van der Waals surface area contributed by atoms with E-state index in [-0.39, 0.29) is 23.8 Å². The zero-order valence-corrected chi connectivity index (χ0v) is 15.3. The summed E-state index contributed by atoms with van der Waals surface area (Å²) in [5, 5.41) is 9.62. The van der Waals surface area contributed by atoms with Gasteiger partial charge in [0.15, 0.2) is 5.78 Å². The van der Waals surface area contributed by atoms with Gasteiger partial charge >= 0.3 is 7.60 Å². The smallest absolute Gasteiger partial charge is 0.352 e. The zero-order valence-electron chi connectivity index (χ0n) is 13.6. The van der Waals surface area contributed by atoms with E-state index in [2.05, 4.69) is 5.32 Å². The number of unbranched alkanes of at least 4 members (excludes halogenated alkanes) is 1. The van der Waals surface area contributed by atoms with Crippen LogP contribution in [0.3, 0.4) is 0 Å². The molecule has 11 heteroatoms. The van der Waals surface area contributed by atoms with Gasteiger partial charge in [-0.3, -0.25) is 14.8 Å². The minimum atomic E-state index is -4.65. The van der Waals surface area contributed by atoms with Crippen molar-refractivity contribution in [1.29, 1.82) is 5.41 Å². The molecule has 0 bridgehead atoms. The molecule has 9 nitrogen and oxygen atoms in total. The second-order valence-corrected chi connectivity index (χ2v) is 7.12. The van der Waals surface area contributed by atoms with Gasteiger partial charge in [-0.1, -0.05) is 30.7 Å². The van der Waals surface area contributed by atoms with Gasteiger partial charge in [0.05, 0.1) is 6.04 Å². The molecule has 0 fully saturated rings. The molecule has 142 valence electrons. The molecule has 0 saturated carbocycles. The Hall–Kier alpha value is -1.48. The Bertz CT molecular complexity index is 622. The fourth-order valence-corrected chi connectivity index (χ4v) is 2.94. The number of amides is 1. The van der Waals surface area contributed by atoms with Crippen molar-refractivity contribution >= 4 is 31.7 Å². The molecule has 0 aliphatic carbocycles. The number of hydrogen-bond donors (Lipinski definition) is 7. The van der Waals surface area contributed by atoms with Gasteiger partial charge in [0, 0.05) is 5.56 Å². The zero-order chi connectivity index (χ0) is 18.3. The molecule has 1 amide bonds. The van der Waals surface area contributed by atoms with Crippen LogP contribution in [0.15, 0.2) is 24.3 Å². The number of carbonyl (C=O) groups is 1. The molecule has 1 aromatic carbocycles. The van der Waals surface area contributed by atoms with Crippen LogP contribution in [0.25, 0.3) is 0 Å². The van der Waals surface area contributed by atoms with Gasteiger partial charge in [-0.25, -0.2) is 0 Å². The van der Waals surface area contributed by atoms with E-state index in [9.17, 15) is 19.1 Å². The molecule has 0 heterocycles. The van der Waals surface area contributed by atoms with Crippen LogP contribution in [-0.2, 0) is 9.36 Å². The second-order valence-electron chi connectivity index (χ2n) is 5.43. The number of nitrogens with two attached hydrogens (primary N) is 3. The van der Waals surface area contributed by atoms with Crippen LogP contribution >= 0.6 is 20.0 Å². The monoisotopic (exact) mass is 393 g/mol. The number of amidine groups is 1. The third-order valence-corrected chi connectivity index (χ3v) is 4.56. The second kappa shape index (κ2) is 10.5. The van der Waals surface area contributed by atoms with E-state index in [1.807, 2.05) is 0 Å². The third-order valence-electron chi connectivity index (χ3n) is 3.46. The summed E-state index contributed by atoms with van der Waals surface area (Å²) in [5.41, 5.74) is 17.1. The van der Waals surface area contributed by atoms with Gasteiger partial charge in [0.1, 0.15) is 5.84 Å².